The second-order valence-electron chi connectivity index (χ2n) is 1.98. The summed E-state index contributed by atoms with van der Waals surface area (Å²) in [6.45, 7) is 3.42. The van der Waals surface area contributed by atoms with Crippen molar-refractivity contribution >= 4 is 11.9 Å². The van der Waals surface area contributed by atoms with Gasteiger partial charge in [-0.2, -0.15) is 0 Å². The van der Waals surface area contributed by atoms with E-state index in [-0.39, 0.29) is 42.8 Å². The van der Waals surface area contributed by atoms with Crippen LogP contribution >= 0.6 is 0 Å². The van der Waals surface area contributed by atoms with E-state index in [1.807, 2.05) is 0 Å². The molecule has 0 N–H and O–H groups in total. The summed E-state index contributed by atoms with van der Waals surface area (Å²) in [6.07, 6.45) is 0.571. The molecule has 5 nitrogen and oxygen atoms in total. The Morgan fingerprint density at radius 1 is 1.21 bits per heavy atom. The van der Waals surface area contributed by atoms with Crippen molar-refractivity contribution in [2.75, 3.05) is 13.2 Å². The molecule has 0 saturated heterocycles. The molecule has 0 radical (unpaired) electrons. The molecule has 6 heteroatoms. The number of hydrogen-bond acceptors (Lipinski definition) is 5. The van der Waals surface area contributed by atoms with E-state index in [1.165, 1.54) is 0 Å². The van der Waals surface area contributed by atoms with E-state index in [2.05, 4.69) is 9.47 Å². The maximum atomic E-state index is 10.8. The first kappa shape index (κ1) is 15.9. The molecule has 0 atom stereocenters. The van der Waals surface area contributed by atoms with Gasteiger partial charge in [-0.25, -0.2) is 9.59 Å². The summed E-state index contributed by atoms with van der Waals surface area (Å²) >= 11 is 0. The fourth-order valence-corrected chi connectivity index (χ4v) is 0.552. The van der Waals surface area contributed by atoms with Crippen LogP contribution in [0.15, 0.2) is 11.8 Å². The molecule has 0 amide bonds. The number of esters is 2. The minimum absolute atomic E-state index is 0. The van der Waals surface area contributed by atoms with Crippen LogP contribution in [0.1, 0.15) is 13.8 Å². The van der Waals surface area contributed by atoms with Crippen LogP contribution in [0.3, 0.4) is 0 Å². The third kappa shape index (κ3) is 6.94. The molecule has 0 rings (SSSR count). The minimum Gasteiger partial charge on any atom is -0.867 e. The van der Waals surface area contributed by atoms with Gasteiger partial charge in [-0.05, 0) is 19.6 Å². The molecule has 0 fully saturated rings. The van der Waals surface area contributed by atoms with Gasteiger partial charge in [0.15, 0.2) is 0 Å². The van der Waals surface area contributed by atoms with Crippen molar-refractivity contribution in [2.45, 2.75) is 13.8 Å². The first-order valence-electron chi connectivity index (χ1n) is 3.84. The van der Waals surface area contributed by atoms with Crippen molar-refractivity contribution in [1.82, 2.24) is 0 Å². The van der Waals surface area contributed by atoms with Gasteiger partial charge in [0.1, 0.15) is 0 Å². The largest absolute Gasteiger partial charge is 1.00 e. The summed E-state index contributed by atoms with van der Waals surface area (Å²) in [6, 6.07) is 0. The number of carbonyl (C=O) groups excluding carboxylic acids is 2. The first-order valence-corrected chi connectivity index (χ1v) is 3.84. The van der Waals surface area contributed by atoms with Crippen molar-refractivity contribution < 1.29 is 53.7 Å². The van der Waals surface area contributed by atoms with Gasteiger partial charge in [0.2, 0.25) is 0 Å². The quantitative estimate of drug-likeness (QED) is 0.207. The van der Waals surface area contributed by atoms with Crippen molar-refractivity contribution in [2.24, 2.45) is 0 Å². The summed E-state index contributed by atoms with van der Waals surface area (Å²) in [5.74, 6) is -2.88. The van der Waals surface area contributed by atoms with Gasteiger partial charge >= 0.3 is 41.5 Å². The van der Waals surface area contributed by atoms with E-state index in [4.69, 9.17) is 0 Å². The van der Waals surface area contributed by atoms with Crippen LogP contribution in [0.5, 0.6) is 0 Å². The Balaban J connectivity index is 0. The topological polar surface area (TPSA) is 75.7 Å². The van der Waals surface area contributed by atoms with Crippen LogP contribution in [-0.4, -0.2) is 25.2 Å². The molecular formula is C8H11NaO5. The molecule has 0 aromatic rings. The molecule has 0 aliphatic rings. The average molecular weight is 210 g/mol. The summed E-state index contributed by atoms with van der Waals surface area (Å²) in [5, 5.41) is 10.8. The van der Waals surface area contributed by atoms with Gasteiger partial charge in [-0.3, -0.25) is 0 Å². The molecule has 0 aromatic heterocycles. The SMILES string of the molecule is CCOC(=O)/C=C(\[O-])C(=O)OCC.[Na+]. The smallest absolute Gasteiger partial charge is 0.867 e. The van der Waals surface area contributed by atoms with Crippen LogP contribution in [0.4, 0.5) is 0 Å². The monoisotopic (exact) mass is 210 g/mol. The van der Waals surface area contributed by atoms with Gasteiger partial charge in [-0.15, -0.1) is 0 Å². The van der Waals surface area contributed by atoms with E-state index < -0.39 is 17.7 Å². The summed E-state index contributed by atoms with van der Waals surface area (Å²) in [7, 11) is 0. The zero-order valence-electron chi connectivity index (χ0n) is 8.53. The third-order valence-electron chi connectivity index (χ3n) is 1.01. The van der Waals surface area contributed by atoms with Crippen molar-refractivity contribution in [3.8, 4) is 0 Å². The Hall–Kier alpha value is -0.520. The predicted molar refractivity (Wildman–Crippen MR) is 41.3 cm³/mol. The number of ether oxygens (including phenoxy) is 2. The van der Waals surface area contributed by atoms with Gasteiger partial charge < -0.3 is 14.6 Å². The third-order valence-corrected chi connectivity index (χ3v) is 1.01. The Bertz CT molecular complexity index is 224. The maximum absolute atomic E-state index is 10.8. The maximum Gasteiger partial charge on any atom is 1.00 e. The van der Waals surface area contributed by atoms with Gasteiger partial charge in [0.25, 0.3) is 0 Å². The first-order chi connectivity index (χ1) is 6.11. The van der Waals surface area contributed by atoms with E-state index in [0.717, 1.165) is 0 Å². The Kier molecular flexibility index (Phi) is 10.3. The fourth-order valence-electron chi connectivity index (χ4n) is 0.552. The van der Waals surface area contributed by atoms with Crippen LogP contribution in [0, 0.1) is 0 Å². The molecule has 0 bridgehead atoms. The second kappa shape index (κ2) is 9.05. The number of rotatable bonds is 4. The molecule has 0 heterocycles. The minimum atomic E-state index is -1.05. The van der Waals surface area contributed by atoms with Crippen LogP contribution in [-0.2, 0) is 19.1 Å². The normalized spacial score (nSPS) is 10.0. The van der Waals surface area contributed by atoms with E-state index in [1.54, 1.807) is 13.8 Å². The molecule has 0 aromatic carbocycles. The number of hydrogen-bond donors (Lipinski definition) is 0. The average Bonchev–Trinajstić information content (AvgIpc) is 2.05. The van der Waals surface area contributed by atoms with Crippen molar-refractivity contribution in [1.29, 1.82) is 0 Å². The molecule has 0 aliphatic heterocycles. The Morgan fingerprint density at radius 3 is 2.14 bits per heavy atom. The van der Waals surface area contributed by atoms with Crippen LogP contribution in [0.2, 0.25) is 0 Å². The van der Waals surface area contributed by atoms with Gasteiger partial charge in [0, 0.05) is 6.08 Å². The standard InChI is InChI=1S/C8H12O5.Na/c1-3-12-7(10)5-6(9)8(11)13-4-2;/h5,9H,3-4H2,1-2H3;/q;+1/p-1/b6-5-;. The molecule has 0 unspecified atom stereocenters. The molecule has 14 heavy (non-hydrogen) atoms. The van der Waals surface area contributed by atoms with E-state index in [0.29, 0.717) is 6.08 Å². The second-order valence-corrected chi connectivity index (χ2v) is 1.98. The fraction of sp³-hybridized carbons (Fsp3) is 0.500. The van der Waals surface area contributed by atoms with Crippen molar-refractivity contribution in [3.63, 3.8) is 0 Å². The zero-order valence-corrected chi connectivity index (χ0v) is 10.5. The van der Waals surface area contributed by atoms with E-state index >= 15 is 0 Å². The van der Waals surface area contributed by atoms with E-state index in [9.17, 15) is 14.7 Å². The number of carbonyl (C=O) groups is 2. The summed E-state index contributed by atoms with van der Waals surface area (Å²) in [4.78, 5) is 21.3. The Morgan fingerprint density at radius 2 is 1.71 bits per heavy atom. The van der Waals surface area contributed by atoms with Crippen LogP contribution < -0.4 is 34.7 Å². The summed E-state index contributed by atoms with van der Waals surface area (Å²) < 4.78 is 8.77. The molecule has 0 aliphatic carbocycles. The molecule has 0 saturated carbocycles. The predicted octanol–water partition coefficient (Wildman–Crippen LogP) is -3.64. The zero-order chi connectivity index (χ0) is 10.3. The van der Waals surface area contributed by atoms with Crippen LogP contribution in [0.25, 0.3) is 0 Å². The van der Waals surface area contributed by atoms with Gasteiger partial charge in [0.05, 0.1) is 13.2 Å². The molecule has 0 spiro atoms. The van der Waals surface area contributed by atoms with Gasteiger partial charge in [-0.1, -0.05) is 0 Å². The van der Waals surface area contributed by atoms with Crippen molar-refractivity contribution in [3.05, 3.63) is 11.8 Å². The Labute approximate surface area is 104 Å². The summed E-state index contributed by atoms with van der Waals surface area (Å²) in [5.41, 5.74) is 0. The molecular weight excluding hydrogens is 199 g/mol. The molecule has 74 valence electrons.